The van der Waals surface area contributed by atoms with Crippen LogP contribution in [-0.2, 0) is 6.54 Å². The smallest absolute Gasteiger partial charge is 0.115 e. The first kappa shape index (κ1) is 6.12. The molecule has 0 atom stereocenters. The van der Waals surface area contributed by atoms with Crippen molar-refractivity contribution >= 4 is 0 Å². The summed E-state index contributed by atoms with van der Waals surface area (Å²) in [6.07, 6.45) is 3.06. The summed E-state index contributed by atoms with van der Waals surface area (Å²) in [5.41, 5.74) is 2.76. The molecule has 0 saturated heterocycles. The molecule has 9 heavy (non-hydrogen) atoms. The summed E-state index contributed by atoms with van der Waals surface area (Å²) in [7, 11) is 0. The molecule has 0 aliphatic rings. The molecule has 1 aromatic heterocycles. The molecule has 0 amide bonds. The third kappa shape index (κ3) is 1.75. The van der Waals surface area contributed by atoms with Crippen molar-refractivity contribution in [2.45, 2.75) is 6.54 Å². The fourth-order valence-electron chi connectivity index (χ4n) is 0.504. The lowest BCUT2D eigenvalue weighted by Crippen LogP contribution is -2.07. The van der Waals surface area contributed by atoms with Gasteiger partial charge in [-0.15, -0.1) is 0 Å². The molecule has 0 bridgehead atoms. The Morgan fingerprint density at radius 1 is 1.67 bits per heavy atom. The van der Waals surface area contributed by atoms with Crippen molar-refractivity contribution in [2.75, 3.05) is 0 Å². The molecule has 0 radical (unpaired) electrons. The second kappa shape index (κ2) is 3.11. The zero-order valence-electron chi connectivity index (χ0n) is 4.78. The second-order valence-corrected chi connectivity index (χ2v) is 1.54. The third-order valence-electron chi connectivity index (χ3n) is 0.903. The molecule has 0 saturated carbocycles. The lowest BCUT2D eigenvalue weighted by Gasteiger charge is -1.93. The van der Waals surface area contributed by atoms with Crippen LogP contribution in [0.4, 0.5) is 0 Å². The number of hydrogen-bond donors (Lipinski definition) is 2. The number of rotatable bonds is 2. The zero-order valence-corrected chi connectivity index (χ0v) is 4.78. The number of nitrogens with zero attached hydrogens (tertiary/aromatic N) is 2. The van der Waals surface area contributed by atoms with E-state index in [0.717, 1.165) is 5.69 Å². The van der Waals surface area contributed by atoms with Gasteiger partial charge in [-0.1, -0.05) is 0 Å². The van der Waals surface area contributed by atoms with Gasteiger partial charge in [-0.05, 0) is 6.07 Å². The van der Waals surface area contributed by atoms with Gasteiger partial charge in [0.25, 0.3) is 0 Å². The van der Waals surface area contributed by atoms with Gasteiger partial charge >= 0.3 is 0 Å². The quantitative estimate of drug-likeness (QED) is 0.544. The first-order chi connectivity index (χ1) is 4.43. The van der Waals surface area contributed by atoms with Crippen LogP contribution in [-0.4, -0.2) is 15.2 Å². The van der Waals surface area contributed by atoms with Gasteiger partial charge < -0.3 is 5.21 Å². The summed E-state index contributed by atoms with van der Waals surface area (Å²) in [4.78, 5) is 7.54. The largest absolute Gasteiger partial charge is 0.316 e. The fraction of sp³-hybridized carbons (Fsp3) is 0.200. The van der Waals surface area contributed by atoms with Crippen LogP contribution in [0.5, 0.6) is 0 Å². The minimum absolute atomic E-state index is 0.364. The van der Waals surface area contributed by atoms with Crippen molar-refractivity contribution in [1.82, 2.24) is 15.4 Å². The highest BCUT2D eigenvalue weighted by atomic mass is 16.5. The molecule has 1 rings (SSSR count). The van der Waals surface area contributed by atoms with E-state index in [4.69, 9.17) is 5.21 Å². The second-order valence-electron chi connectivity index (χ2n) is 1.54. The summed E-state index contributed by atoms with van der Waals surface area (Å²) in [5.74, 6) is 0. The Kier molecular flexibility index (Phi) is 2.12. The van der Waals surface area contributed by atoms with E-state index in [1.807, 2.05) is 5.48 Å². The van der Waals surface area contributed by atoms with Gasteiger partial charge in [0.1, 0.15) is 6.33 Å². The van der Waals surface area contributed by atoms with Crippen molar-refractivity contribution in [2.24, 2.45) is 0 Å². The number of hydroxylamine groups is 1. The van der Waals surface area contributed by atoms with Crippen molar-refractivity contribution in [3.8, 4) is 0 Å². The standard InChI is InChI=1S/C5H7N3O/c9-8-3-5-1-2-6-4-7-5/h1-2,4,8-9H,3H2. The van der Waals surface area contributed by atoms with E-state index in [9.17, 15) is 0 Å². The molecule has 0 aliphatic heterocycles. The van der Waals surface area contributed by atoms with E-state index in [1.165, 1.54) is 6.33 Å². The monoisotopic (exact) mass is 125 g/mol. The lowest BCUT2D eigenvalue weighted by molar-refractivity contribution is 0.160. The number of hydrogen-bond acceptors (Lipinski definition) is 4. The average Bonchev–Trinajstić information content (AvgIpc) is 1.91. The van der Waals surface area contributed by atoms with Crippen LogP contribution in [0.1, 0.15) is 5.69 Å². The topological polar surface area (TPSA) is 58.0 Å². The molecule has 2 N–H and O–H groups in total. The molecule has 0 spiro atoms. The highest BCUT2D eigenvalue weighted by Crippen LogP contribution is 1.87. The Balaban J connectivity index is 2.61. The predicted molar refractivity (Wildman–Crippen MR) is 30.7 cm³/mol. The Bertz CT molecular complexity index is 165. The van der Waals surface area contributed by atoms with Crippen LogP contribution in [0.3, 0.4) is 0 Å². The Morgan fingerprint density at radius 3 is 3.11 bits per heavy atom. The summed E-state index contributed by atoms with van der Waals surface area (Å²) in [6, 6.07) is 1.73. The summed E-state index contributed by atoms with van der Waals surface area (Å²) in [6.45, 7) is 0.364. The normalized spacial score (nSPS) is 9.44. The molecule has 1 aromatic rings. The van der Waals surface area contributed by atoms with Crippen LogP contribution in [0, 0.1) is 0 Å². The maximum absolute atomic E-state index is 8.21. The van der Waals surface area contributed by atoms with Crippen molar-refractivity contribution < 1.29 is 5.21 Å². The van der Waals surface area contributed by atoms with Crippen LogP contribution >= 0.6 is 0 Å². The van der Waals surface area contributed by atoms with Gasteiger partial charge in [-0.25, -0.2) is 9.97 Å². The third-order valence-corrected chi connectivity index (χ3v) is 0.903. The molecule has 4 heteroatoms. The van der Waals surface area contributed by atoms with Crippen LogP contribution in [0.2, 0.25) is 0 Å². The van der Waals surface area contributed by atoms with Gasteiger partial charge in [-0.2, -0.15) is 5.48 Å². The van der Waals surface area contributed by atoms with Gasteiger partial charge in [0.05, 0.1) is 12.2 Å². The molecule has 0 fully saturated rings. The Labute approximate surface area is 52.5 Å². The maximum Gasteiger partial charge on any atom is 0.115 e. The van der Waals surface area contributed by atoms with Gasteiger partial charge in [0.15, 0.2) is 0 Å². The molecule has 0 aromatic carbocycles. The van der Waals surface area contributed by atoms with Gasteiger partial charge in [-0.3, -0.25) is 0 Å². The summed E-state index contributed by atoms with van der Waals surface area (Å²) in [5, 5.41) is 8.21. The molecule has 4 nitrogen and oxygen atoms in total. The SMILES string of the molecule is ONCc1ccncn1. The van der Waals surface area contributed by atoms with Crippen LogP contribution < -0.4 is 5.48 Å². The first-order valence-corrected chi connectivity index (χ1v) is 2.55. The van der Waals surface area contributed by atoms with E-state index in [-0.39, 0.29) is 0 Å². The molecule has 0 unspecified atom stereocenters. The highest BCUT2D eigenvalue weighted by molar-refractivity contribution is 4.95. The first-order valence-electron chi connectivity index (χ1n) is 2.55. The fourth-order valence-corrected chi connectivity index (χ4v) is 0.504. The summed E-state index contributed by atoms with van der Waals surface area (Å²) >= 11 is 0. The molecule has 48 valence electrons. The minimum Gasteiger partial charge on any atom is -0.316 e. The van der Waals surface area contributed by atoms with Crippen LogP contribution in [0.15, 0.2) is 18.6 Å². The average molecular weight is 125 g/mol. The van der Waals surface area contributed by atoms with Crippen molar-refractivity contribution in [3.63, 3.8) is 0 Å². The Hall–Kier alpha value is -1.00. The lowest BCUT2D eigenvalue weighted by atomic mass is 10.4. The van der Waals surface area contributed by atoms with E-state index in [2.05, 4.69) is 9.97 Å². The predicted octanol–water partition coefficient (Wildman–Crippen LogP) is -0.0446. The zero-order chi connectivity index (χ0) is 6.53. The molecule has 1 heterocycles. The van der Waals surface area contributed by atoms with Crippen molar-refractivity contribution in [3.05, 3.63) is 24.3 Å². The van der Waals surface area contributed by atoms with E-state index >= 15 is 0 Å². The Morgan fingerprint density at radius 2 is 2.56 bits per heavy atom. The number of nitrogens with one attached hydrogen (secondary N) is 1. The number of aromatic nitrogens is 2. The van der Waals surface area contributed by atoms with Gasteiger partial charge in [0, 0.05) is 6.20 Å². The highest BCUT2D eigenvalue weighted by Gasteiger charge is 1.86. The maximum atomic E-state index is 8.21. The van der Waals surface area contributed by atoms with Crippen LogP contribution in [0.25, 0.3) is 0 Å². The van der Waals surface area contributed by atoms with Gasteiger partial charge in [0.2, 0.25) is 0 Å². The van der Waals surface area contributed by atoms with E-state index in [0.29, 0.717) is 6.54 Å². The molecular weight excluding hydrogens is 118 g/mol. The molecular formula is C5H7N3O. The van der Waals surface area contributed by atoms with E-state index in [1.54, 1.807) is 12.3 Å². The molecule has 0 aliphatic carbocycles. The van der Waals surface area contributed by atoms with Crippen molar-refractivity contribution in [1.29, 1.82) is 0 Å². The summed E-state index contributed by atoms with van der Waals surface area (Å²) < 4.78 is 0. The van der Waals surface area contributed by atoms with E-state index < -0.39 is 0 Å². The minimum atomic E-state index is 0.364.